The van der Waals surface area contributed by atoms with Crippen molar-refractivity contribution in [3.8, 4) is 5.88 Å². The molecule has 138 valence electrons. The molecule has 9 heteroatoms. The Morgan fingerprint density at radius 2 is 2.04 bits per heavy atom. The Balaban J connectivity index is 1.73. The zero-order valence-electron chi connectivity index (χ0n) is 13.7. The van der Waals surface area contributed by atoms with E-state index in [9.17, 15) is 23.5 Å². The number of rotatable bonds is 5. The standard InChI is InChI=1S/C17H17F2N3O3S/c18-10-5-6-12(19)13(7-10)20-15(24)9-26-17-21-14(23)8-16(25)22(17)11-3-1-2-4-11/h5-8,11,23H,1-4,9H2,(H,20,24). The van der Waals surface area contributed by atoms with E-state index in [0.717, 1.165) is 61.7 Å². The van der Waals surface area contributed by atoms with E-state index < -0.39 is 23.4 Å². The average molecular weight is 381 g/mol. The fourth-order valence-electron chi connectivity index (χ4n) is 2.97. The third-order valence-electron chi connectivity index (χ3n) is 4.13. The van der Waals surface area contributed by atoms with Crippen LogP contribution in [0.2, 0.25) is 0 Å². The molecule has 1 amide bonds. The van der Waals surface area contributed by atoms with Gasteiger partial charge < -0.3 is 10.4 Å². The number of carbonyl (C=O) groups excluding carboxylic acids is 1. The van der Waals surface area contributed by atoms with Crippen molar-refractivity contribution >= 4 is 23.4 Å². The molecule has 0 aliphatic heterocycles. The maximum Gasteiger partial charge on any atom is 0.258 e. The molecule has 2 N–H and O–H groups in total. The summed E-state index contributed by atoms with van der Waals surface area (Å²) in [5.74, 6) is -2.57. The Bertz CT molecular complexity index is 882. The fraction of sp³-hybridized carbons (Fsp3) is 0.353. The van der Waals surface area contributed by atoms with Crippen LogP contribution in [0.4, 0.5) is 14.5 Å². The van der Waals surface area contributed by atoms with Gasteiger partial charge in [-0.05, 0) is 25.0 Å². The maximum absolute atomic E-state index is 13.6. The molecule has 2 aromatic rings. The van der Waals surface area contributed by atoms with Gasteiger partial charge in [0.05, 0.1) is 17.5 Å². The SMILES string of the molecule is O=C(CSc1nc(O)cc(=O)n1C1CCCC1)Nc1cc(F)ccc1F. The summed E-state index contributed by atoms with van der Waals surface area (Å²) in [5, 5.41) is 12.1. The lowest BCUT2D eigenvalue weighted by atomic mass is 10.2. The van der Waals surface area contributed by atoms with Crippen LogP contribution in [0.5, 0.6) is 5.88 Å². The van der Waals surface area contributed by atoms with Gasteiger partial charge in [0.15, 0.2) is 5.16 Å². The van der Waals surface area contributed by atoms with Crippen molar-refractivity contribution in [3.63, 3.8) is 0 Å². The van der Waals surface area contributed by atoms with Crippen LogP contribution in [0.25, 0.3) is 0 Å². The number of hydrogen-bond acceptors (Lipinski definition) is 5. The van der Waals surface area contributed by atoms with Gasteiger partial charge in [0.2, 0.25) is 11.8 Å². The molecule has 0 spiro atoms. The summed E-state index contributed by atoms with van der Waals surface area (Å²) in [6.45, 7) is 0. The van der Waals surface area contributed by atoms with Gasteiger partial charge in [0.25, 0.3) is 5.56 Å². The van der Waals surface area contributed by atoms with Crippen molar-refractivity contribution in [2.75, 3.05) is 11.1 Å². The minimum Gasteiger partial charge on any atom is -0.493 e. The van der Waals surface area contributed by atoms with Crippen LogP contribution in [0.3, 0.4) is 0 Å². The Morgan fingerprint density at radius 3 is 2.77 bits per heavy atom. The molecule has 0 unspecified atom stereocenters. The minimum absolute atomic E-state index is 0.0122. The van der Waals surface area contributed by atoms with Crippen LogP contribution in [0.15, 0.2) is 34.2 Å². The Kier molecular flexibility index (Phi) is 5.55. The fourth-order valence-corrected chi connectivity index (χ4v) is 3.84. The van der Waals surface area contributed by atoms with Crippen molar-refractivity contribution in [2.24, 2.45) is 0 Å². The van der Waals surface area contributed by atoms with Crippen LogP contribution in [0.1, 0.15) is 31.7 Å². The van der Waals surface area contributed by atoms with E-state index >= 15 is 0 Å². The number of carbonyl (C=O) groups is 1. The quantitative estimate of drug-likeness (QED) is 0.614. The third-order valence-corrected chi connectivity index (χ3v) is 5.08. The first-order valence-electron chi connectivity index (χ1n) is 8.14. The molecule has 3 rings (SSSR count). The maximum atomic E-state index is 13.6. The van der Waals surface area contributed by atoms with Crippen molar-refractivity contribution in [2.45, 2.75) is 36.9 Å². The Morgan fingerprint density at radius 1 is 1.31 bits per heavy atom. The summed E-state index contributed by atoms with van der Waals surface area (Å²) >= 11 is 0.963. The van der Waals surface area contributed by atoms with Gasteiger partial charge in [-0.2, -0.15) is 4.98 Å². The highest BCUT2D eigenvalue weighted by molar-refractivity contribution is 7.99. The van der Waals surface area contributed by atoms with E-state index in [4.69, 9.17) is 0 Å². The van der Waals surface area contributed by atoms with E-state index in [1.807, 2.05) is 0 Å². The van der Waals surface area contributed by atoms with Crippen LogP contribution in [-0.4, -0.2) is 26.3 Å². The normalized spacial score (nSPS) is 14.5. The van der Waals surface area contributed by atoms with E-state index in [0.29, 0.717) is 0 Å². The van der Waals surface area contributed by atoms with Gasteiger partial charge in [0, 0.05) is 12.1 Å². The van der Waals surface area contributed by atoms with Gasteiger partial charge in [-0.15, -0.1) is 0 Å². The second-order valence-corrected chi connectivity index (χ2v) is 6.95. The van der Waals surface area contributed by atoms with Gasteiger partial charge in [0.1, 0.15) is 11.6 Å². The molecule has 1 aromatic carbocycles. The highest BCUT2D eigenvalue weighted by Crippen LogP contribution is 2.31. The van der Waals surface area contributed by atoms with Crippen molar-refractivity contribution in [3.05, 3.63) is 46.3 Å². The van der Waals surface area contributed by atoms with Crippen molar-refractivity contribution < 1.29 is 18.7 Å². The summed E-state index contributed by atoms with van der Waals surface area (Å²) in [4.78, 5) is 28.2. The second kappa shape index (κ2) is 7.86. The topological polar surface area (TPSA) is 84.2 Å². The molecule has 1 fully saturated rings. The smallest absolute Gasteiger partial charge is 0.258 e. The molecule has 1 aliphatic rings. The summed E-state index contributed by atoms with van der Waals surface area (Å²) in [7, 11) is 0. The van der Waals surface area contributed by atoms with Gasteiger partial charge in [-0.3, -0.25) is 14.2 Å². The molecule has 1 aromatic heterocycles. The molecule has 1 saturated carbocycles. The van der Waals surface area contributed by atoms with Gasteiger partial charge in [-0.1, -0.05) is 24.6 Å². The Hall–Kier alpha value is -2.42. The first kappa shape index (κ1) is 18.4. The first-order valence-corrected chi connectivity index (χ1v) is 9.13. The van der Waals surface area contributed by atoms with Crippen LogP contribution < -0.4 is 10.9 Å². The number of aromatic nitrogens is 2. The molecule has 1 aliphatic carbocycles. The third kappa shape index (κ3) is 4.21. The van der Waals surface area contributed by atoms with E-state index in [1.165, 1.54) is 4.57 Å². The number of hydrogen-bond donors (Lipinski definition) is 2. The average Bonchev–Trinajstić information content (AvgIpc) is 3.10. The highest BCUT2D eigenvalue weighted by Gasteiger charge is 2.22. The summed E-state index contributed by atoms with van der Waals surface area (Å²) < 4.78 is 28.2. The number of amides is 1. The largest absolute Gasteiger partial charge is 0.493 e. The zero-order chi connectivity index (χ0) is 18.7. The minimum atomic E-state index is -0.747. The lowest BCUT2D eigenvalue weighted by Gasteiger charge is -2.17. The number of nitrogens with zero attached hydrogens (tertiary/aromatic N) is 2. The van der Waals surface area contributed by atoms with Gasteiger partial charge >= 0.3 is 0 Å². The monoisotopic (exact) mass is 381 g/mol. The molecule has 1 heterocycles. The predicted octanol–water partition coefficient (Wildman–Crippen LogP) is 3.07. The number of thioether (sulfide) groups is 1. The molecule has 26 heavy (non-hydrogen) atoms. The zero-order valence-corrected chi connectivity index (χ0v) is 14.6. The molecular formula is C17H17F2N3O3S. The molecule has 0 bridgehead atoms. The Labute approximate surface area is 152 Å². The van der Waals surface area contributed by atoms with Crippen LogP contribution in [-0.2, 0) is 4.79 Å². The van der Waals surface area contributed by atoms with E-state index in [1.54, 1.807) is 0 Å². The van der Waals surface area contributed by atoms with Crippen molar-refractivity contribution in [1.29, 1.82) is 0 Å². The number of benzene rings is 1. The lowest BCUT2D eigenvalue weighted by Crippen LogP contribution is -2.26. The summed E-state index contributed by atoms with van der Waals surface area (Å²) in [6.07, 6.45) is 3.67. The van der Waals surface area contributed by atoms with Gasteiger partial charge in [-0.25, -0.2) is 8.78 Å². The molecule has 0 saturated heterocycles. The number of halogens is 2. The highest BCUT2D eigenvalue weighted by atomic mass is 32.2. The van der Waals surface area contributed by atoms with E-state index in [2.05, 4.69) is 10.3 Å². The number of aromatic hydroxyl groups is 1. The number of nitrogens with one attached hydrogen (secondary N) is 1. The van der Waals surface area contributed by atoms with Crippen molar-refractivity contribution in [1.82, 2.24) is 9.55 Å². The molecule has 0 radical (unpaired) electrons. The summed E-state index contributed by atoms with van der Waals surface area (Å²) in [6, 6.07) is 3.80. The second-order valence-electron chi connectivity index (χ2n) is 6.00. The molecule has 6 nitrogen and oxygen atoms in total. The number of anilines is 1. The van der Waals surface area contributed by atoms with E-state index in [-0.39, 0.29) is 28.2 Å². The molecule has 0 atom stereocenters. The molecular weight excluding hydrogens is 364 g/mol. The van der Waals surface area contributed by atoms with Crippen LogP contribution in [0, 0.1) is 11.6 Å². The first-order chi connectivity index (χ1) is 12.4. The summed E-state index contributed by atoms with van der Waals surface area (Å²) in [5.41, 5.74) is -0.629. The lowest BCUT2D eigenvalue weighted by molar-refractivity contribution is -0.113. The van der Waals surface area contributed by atoms with Crippen LogP contribution >= 0.6 is 11.8 Å². The predicted molar refractivity (Wildman–Crippen MR) is 93.4 cm³/mol.